The van der Waals surface area contributed by atoms with E-state index in [0.29, 0.717) is 18.0 Å². The number of nitrogens with one attached hydrogen (secondary N) is 2. The van der Waals surface area contributed by atoms with E-state index in [4.69, 9.17) is 16.9 Å². The van der Waals surface area contributed by atoms with Crippen LogP contribution in [-0.2, 0) is 4.79 Å². The van der Waals surface area contributed by atoms with E-state index in [2.05, 4.69) is 39.8 Å². The maximum Gasteiger partial charge on any atom is 0.243 e. The molecule has 2 aliphatic heterocycles. The second kappa shape index (κ2) is 9.56. The fourth-order valence-corrected chi connectivity index (χ4v) is 4.51. The van der Waals surface area contributed by atoms with Gasteiger partial charge in [0.2, 0.25) is 5.91 Å². The minimum Gasteiger partial charge on any atom is -0.391 e. The summed E-state index contributed by atoms with van der Waals surface area (Å²) in [4.78, 5) is 16.7. The van der Waals surface area contributed by atoms with Gasteiger partial charge in [-0.05, 0) is 35.9 Å². The van der Waals surface area contributed by atoms with Gasteiger partial charge in [-0.25, -0.2) is 0 Å². The summed E-state index contributed by atoms with van der Waals surface area (Å²) in [5.74, 6) is -0.255. The number of nitriles is 1. The SMILES string of the molecule is N#CCNC(=O)[C@@H]1C[C@@H](O)CN1c1ccc(Cl)c(-c2ccc(N3CCNCC3)cc2)c1. The Morgan fingerprint density at radius 3 is 2.61 bits per heavy atom. The molecule has 2 aliphatic rings. The van der Waals surface area contributed by atoms with Gasteiger partial charge in [0, 0.05) is 61.1 Å². The molecule has 8 heteroatoms. The van der Waals surface area contributed by atoms with Crippen molar-refractivity contribution in [3.8, 4) is 17.2 Å². The molecule has 2 aromatic rings. The minimum absolute atomic E-state index is 0.0510. The maximum atomic E-state index is 12.5. The van der Waals surface area contributed by atoms with Crippen LogP contribution in [0.15, 0.2) is 42.5 Å². The van der Waals surface area contributed by atoms with Crippen molar-refractivity contribution in [2.24, 2.45) is 0 Å². The third-order valence-corrected chi connectivity index (χ3v) is 6.19. The highest BCUT2D eigenvalue weighted by Crippen LogP contribution is 2.35. The van der Waals surface area contributed by atoms with Crippen molar-refractivity contribution < 1.29 is 9.90 Å². The fourth-order valence-electron chi connectivity index (χ4n) is 4.28. The molecular weight excluding hydrogens is 414 g/mol. The predicted octanol–water partition coefficient (Wildman–Crippen LogP) is 2.00. The quantitative estimate of drug-likeness (QED) is 0.617. The number of aliphatic hydroxyl groups is 1. The molecule has 3 N–H and O–H groups in total. The molecule has 0 aromatic heterocycles. The van der Waals surface area contributed by atoms with Crippen molar-refractivity contribution in [2.75, 3.05) is 49.1 Å². The molecule has 0 unspecified atom stereocenters. The topological polar surface area (TPSA) is 91.6 Å². The van der Waals surface area contributed by atoms with Crippen molar-refractivity contribution in [1.82, 2.24) is 10.6 Å². The van der Waals surface area contributed by atoms with Gasteiger partial charge in [0.1, 0.15) is 12.6 Å². The zero-order valence-corrected chi connectivity index (χ0v) is 18.0. The van der Waals surface area contributed by atoms with Crippen molar-refractivity contribution in [3.05, 3.63) is 47.5 Å². The Balaban J connectivity index is 1.58. The lowest BCUT2D eigenvalue weighted by Crippen LogP contribution is -2.43. The first-order chi connectivity index (χ1) is 15.1. The van der Waals surface area contributed by atoms with Crippen LogP contribution in [0.1, 0.15) is 6.42 Å². The van der Waals surface area contributed by atoms with Crippen molar-refractivity contribution >= 4 is 28.9 Å². The Morgan fingerprint density at radius 1 is 1.19 bits per heavy atom. The average Bonchev–Trinajstić information content (AvgIpc) is 3.20. The number of piperazine rings is 1. The lowest BCUT2D eigenvalue weighted by atomic mass is 10.0. The predicted molar refractivity (Wildman–Crippen MR) is 122 cm³/mol. The van der Waals surface area contributed by atoms with Crippen LogP contribution >= 0.6 is 11.6 Å². The molecule has 0 radical (unpaired) electrons. The minimum atomic E-state index is -0.602. The Hall–Kier alpha value is -2.79. The Morgan fingerprint density at radius 2 is 1.90 bits per heavy atom. The van der Waals surface area contributed by atoms with Crippen LogP contribution in [0.3, 0.4) is 0 Å². The molecule has 2 aromatic carbocycles. The monoisotopic (exact) mass is 439 g/mol. The van der Waals surface area contributed by atoms with Crippen LogP contribution in [0.5, 0.6) is 0 Å². The van der Waals surface area contributed by atoms with Crippen LogP contribution in [-0.4, -0.2) is 62.4 Å². The van der Waals surface area contributed by atoms with Crippen molar-refractivity contribution in [3.63, 3.8) is 0 Å². The molecule has 2 fully saturated rings. The van der Waals surface area contributed by atoms with Gasteiger partial charge in [0.25, 0.3) is 0 Å². The Labute approximate surface area is 187 Å². The number of nitrogens with zero attached hydrogens (tertiary/aromatic N) is 3. The van der Waals surface area contributed by atoms with Gasteiger partial charge in [0.05, 0.1) is 12.2 Å². The number of hydrogen-bond donors (Lipinski definition) is 3. The number of hydrogen-bond acceptors (Lipinski definition) is 6. The van der Waals surface area contributed by atoms with Gasteiger partial charge in [-0.3, -0.25) is 4.79 Å². The third-order valence-electron chi connectivity index (χ3n) is 5.87. The zero-order valence-electron chi connectivity index (χ0n) is 17.2. The number of β-amino-alcohol motifs (C(OH)–C–C–N with tert-alkyl or cyclic N) is 1. The summed E-state index contributed by atoms with van der Waals surface area (Å²) in [7, 11) is 0. The summed E-state index contributed by atoms with van der Waals surface area (Å²) < 4.78 is 0. The molecule has 7 nitrogen and oxygen atoms in total. The third kappa shape index (κ3) is 4.77. The summed E-state index contributed by atoms with van der Waals surface area (Å²) in [5.41, 5.74) is 3.88. The number of aliphatic hydroxyl groups excluding tert-OH is 1. The van der Waals surface area contributed by atoms with Crippen LogP contribution in [0.2, 0.25) is 5.02 Å². The van der Waals surface area contributed by atoms with E-state index in [9.17, 15) is 9.90 Å². The summed E-state index contributed by atoms with van der Waals surface area (Å²) in [5, 5.41) is 25.5. The number of carbonyl (C=O) groups is 1. The molecule has 0 bridgehead atoms. The number of rotatable bonds is 5. The highest BCUT2D eigenvalue weighted by Gasteiger charge is 2.36. The molecule has 0 saturated carbocycles. The highest BCUT2D eigenvalue weighted by molar-refractivity contribution is 6.33. The highest BCUT2D eigenvalue weighted by atomic mass is 35.5. The van der Waals surface area contributed by atoms with Crippen LogP contribution in [0.25, 0.3) is 11.1 Å². The fraction of sp³-hybridized carbons (Fsp3) is 0.391. The number of benzene rings is 2. The van der Waals surface area contributed by atoms with Gasteiger partial charge < -0.3 is 25.5 Å². The van der Waals surface area contributed by atoms with Gasteiger partial charge >= 0.3 is 0 Å². The Bertz CT molecular complexity index is 969. The van der Waals surface area contributed by atoms with Gasteiger partial charge in [-0.2, -0.15) is 5.26 Å². The normalized spacial score (nSPS) is 21.1. The molecule has 4 rings (SSSR count). The average molecular weight is 440 g/mol. The van der Waals surface area contributed by atoms with Gasteiger partial charge in [-0.1, -0.05) is 23.7 Å². The van der Waals surface area contributed by atoms with E-state index >= 15 is 0 Å². The number of carbonyl (C=O) groups excluding carboxylic acids is 1. The van der Waals surface area contributed by atoms with Crippen LogP contribution in [0.4, 0.5) is 11.4 Å². The number of halogens is 1. The first kappa shape index (κ1) is 21.4. The van der Waals surface area contributed by atoms with E-state index < -0.39 is 12.1 Å². The smallest absolute Gasteiger partial charge is 0.243 e. The van der Waals surface area contributed by atoms with Gasteiger partial charge in [-0.15, -0.1) is 0 Å². The Kier molecular flexibility index (Phi) is 6.62. The second-order valence-corrected chi connectivity index (χ2v) is 8.29. The van der Waals surface area contributed by atoms with Crippen LogP contribution < -0.4 is 20.4 Å². The summed E-state index contributed by atoms with van der Waals surface area (Å²) in [6.45, 7) is 4.25. The molecule has 2 atom stereocenters. The maximum absolute atomic E-state index is 12.5. The number of amides is 1. The largest absolute Gasteiger partial charge is 0.391 e. The first-order valence-corrected chi connectivity index (χ1v) is 10.9. The van der Waals surface area contributed by atoms with Crippen molar-refractivity contribution in [1.29, 1.82) is 5.26 Å². The molecular formula is C23H26ClN5O2. The van der Waals surface area contributed by atoms with E-state index in [-0.39, 0.29) is 12.5 Å². The lowest BCUT2D eigenvalue weighted by Gasteiger charge is -2.29. The van der Waals surface area contributed by atoms with Crippen LogP contribution in [0, 0.1) is 11.3 Å². The standard InChI is InChI=1S/C23H26ClN5O2/c24-21-6-5-18(29-15-19(30)14-22(29)23(31)27-8-7-25)13-20(21)16-1-3-17(4-2-16)28-11-9-26-10-12-28/h1-6,13,19,22,26,30H,8-12,14-15H2,(H,27,31)/t19-,22+/m1/s1. The van der Waals surface area contributed by atoms with Gasteiger partial charge in [0.15, 0.2) is 0 Å². The van der Waals surface area contributed by atoms with E-state index in [0.717, 1.165) is 43.0 Å². The summed E-state index contributed by atoms with van der Waals surface area (Å²) in [6.07, 6.45) is -0.274. The molecule has 31 heavy (non-hydrogen) atoms. The molecule has 0 aliphatic carbocycles. The molecule has 2 saturated heterocycles. The zero-order chi connectivity index (χ0) is 21.8. The van der Waals surface area contributed by atoms with E-state index in [1.165, 1.54) is 5.69 Å². The number of anilines is 2. The summed E-state index contributed by atoms with van der Waals surface area (Å²) in [6, 6.07) is 15.4. The second-order valence-electron chi connectivity index (χ2n) is 7.88. The molecule has 0 spiro atoms. The van der Waals surface area contributed by atoms with E-state index in [1.807, 2.05) is 29.2 Å². The lowest BCUT2D eigenvalue weighted by molar-refractivity contribution is -0.122. The van der Waals surface area contributed by atoms with Crippen molar-refractivity contribution in [2.45, 2.75) is 18.6 Å². The first-order valence-electron chi connectivity index (χ1n) is 10.5. The molecule has 2 heterocycles. The molecule has 162 valence electrons. The van der Waals surface area contributed by atoms with E-state index in [1.54, 1.807) is 0 Å². The molecule has 1 amide bonds. The summed E-state index contributed by atoms with van der Waals surface area (Å²) >= 11 is 6.52.